The Morgan fingerprint density at radius 3 is 1.31 bits per heavy atom. The molecular weight excluding hydrogens is 1300 g/mol. The molecule has 37 nitrogen and oxygen atoms in total. The lowest BCUT2D eigenvalue weighted by molar-refractivity contribution is -0.136. The first-order chi connectivity index (χ1) is 47.5. The zero-order valence-electron chi connectivity index (χ0n) is 56.9. The lowest BCUT2D eigenvalue weighted by Crippen LogP contribution is -2.60. The van der Waals surface area contributed by atoms with Crippen LogP contribution in [-0.4, -0.2) is 212 Å². The van der Waals surface area contributed by atoms with Crippen molar-refractivity contribution in [3.05, 3.63) is 65.7 Å². The average molecular weight is 1410 g/mol. The number of guanidine groups is 2. The number of rotatable bonds is 49. The number of nitrogens with zero attached hydrogens (tertiary/aromatic N) is 2. The van der Waals surface area contributed by atoms with Crippen LogP contribution in [0.4, 0.5) is 0 Å². The van der Waals surface area contributed by atoms with Crippen molar-refractivity contribution in [2.75, 3.05) is 52.4 Å². The number of primary amides is 1. The minimum Gasteiger partial charge on any atom is -0.508 e. The quantitative estimate of drug-likeness (QED) is 0.0166. The Bertz CT molecular complexity index is 3050. The van der Waals surface area contributed by atoms with E-state index in [-0.39, 0.29) is 102 Å². The second kappa shape index (κ2) is 47.6. The van der Waals surface area contributed by atoms with Crippen molar-refractivity contribution in [2.45, 2.75) is 178 Å². The summed E-state index contributed by atoms with van der Waals surface area (Å²) in [6.45, 7) is 2.12. The van der Waals surface area contributed by atoms with Crippen molar-refractivity contribution in [1.82, 2.24) is 63.8 Å². The topological polar surface area (TPSA) is 640 Å². The van der Waals surface area contributed by atoms with Crippen LogP contribution in [0.3, 0.4) is 0 Å². The number of hydrogen-bond donors (Lipinski definition) is 22. The van der Waals surface area contributed by atoms with Crippen molar-refractivity contribution in [1.29, 1.82) is 0 Å². The van der Waals surface area contributed by atoms with E-state index in [0.717, 1.165) is 0 Å². The van der Waals surface area contributed by atoms with Crippen molar-refractivity contribution >= 4 is 88.7 Å². The number of aliphatic hydroxyl groups is 1. The maximum atomic E-state index is 14.2. The van der Waals surface area contributed by atoms with Crippen molar-refractivity contribution in [2.24, 2.45) is 55.9 Å². The van der Waals surface area contributed by atoms with Gasteiger partial charge < -0.3 is 120 Å². The number of phenols is 1. The van der Waals surface area contributed by atoms with E-state index in [0.29, 0.717) is 49.8 Å². The maximum Gasteiger partial charge on any atom is 0.245 e. The number of aliphatic imine (C=N–C) groups is 2. The summed E-state index contributed by atoms with van der Waals surface area (Å²) in [5, 5.41) is 49.7. The first-order valence-electron chi connectivity index (χ1n) is 33.0. The fourth-order valence-electron chi connectivity index (χ4n) is 9.49. The molecule has 0 bridgehead atoms. The SMILES string of the molecule is CCCC[C@H](NC(=O)[C@H](Cc1ccccc1)NC(=O)CNC(=O)CNC(=O)[C@@H](N)Cc1ccc(O)cc1)C(=O)NCC(=O)N[C@@H](C)C(=O)N[C@@H](CCCN=C(N)N)C(=O)N[C@@H](CCCCN)C(=O)N[C@@H](CO)C(=O)N[C@@H](C)C(=O)N[C@@H](CCCN=C(N)N)C(=O)N[C@@H](CCCCN)C(N)=O. The van der Waals surface area contributed by atoms with Crippen LogP contribution in [0.25, 0.3) is 0 Å². The minimum atomic E-state index is -1.72. The van der Waals surface area contributed by atoms with E-state index in [1.165, 1.54) is 26.0 Å². The second-order valence-corrected chi connectivity index (χ2v) is 23.6. The van der Waals surface area contributed by atoms with Gasteiger partial charge in [0.05, 0.1) is 32.3 Å². The molecule has 10 atom stereocenters. The van der Waals surface area contributed by atoms with Gasteiger partial charge in [0.1, 0.15) is 60.1 Å². The molecule has 0 aromatic heterocycles. The lowest BCUT2D eigenvalue weighted by Gasteiger charge is -2.26. The van der Waals surface area contributed by atoms with Gasteiger partial charge in [0.25, 0.3) is 0 Å². The van der Waals surface area contributed by atoms with Gasteiger partial charge in [-0.1, -0.05) is 62.2 Å². The predicted octanol–water partition coefficient (Wildman–Crippen LogP) is -7.71. The zero-order chi connectivity index (χ0) is 74.7. The Kier molecular flexibility index (Phi) is 40.9. The number of nitrogens with two attached hydrogens (primary N) is 8. The summed E-state index contributed by atoms with van der Waals surface area (Å²) < 4.78 is 0. The lowest BCUT2D eigenvalue weighted by atomic mass is 10.0. The molecule has 0 unspecified atom stereocenters. The summed E-state index contributed by atoms with van der Waals surface area (Å²) >= 11 is 0. The molecular formula is C63H104N22O15. The number of nitrogens with one attached hydrogen (secondary N) is 12. The van der Waals surface area contributed by atoms with E-state index < -0.39 is 163 Å². The van der Waals surface area contributed by atoms with Gasteiger partial charge in [0, 0.05) is 19.5 Å². The molecule has 37 heteroatoms. The molecule has 556 valence electrons. The third kappa shape index (κ3) is 35.3. The van der Waals surface area contributed by atoms with Crippen LogP contribution in [0.15, 0.2) is 64.6 Å². The molecule has 2 aromatic rings. The Hall–Kier alpha value is -10.3. The molecule has 2 rings (SSSR count). The molecule has 0 aliphatic heterocycles. The summed E-state index contributed by atoms with van der Waals surface area (Å²) in [6.07, 6.45) is 3.02. The Labute approximate surface area is 580 Å². The molecule has 100 heavy (non-hydrogen) atoms. The van der Waals surface area contributed by atoms with Gasteiger partial charge in [-0.2, -0.15) is 0 Å². The van der Waals surface area contributed by atoms with E-state index in [1.807, 2.05) is 6.92 Å². The molecule has 0 aliphatic carbocycles. The summed E-state index contributed by atoms with van der Waals surface area (Å²) in [5.41, 5.74) is 46.0. The van der Waals surface area contributed by atoms with Crippen molar-refractivity contribution < 1.29 is 72.5 Å². The number of phenolic OH excluding ortho intramolecular Hbond substituents is 1. The standard InChI is InChI=1S/C63H104N22O15/c1-4-5-17-43(83-60(99)47(31-38-15-7-6-8-16-38)79-51(90)33-74-49(88)32-75-55(94)41(66)30-39-22-24-40(87)25-23-39)56(95)76-34-50(89)77-36(2)53(92)81-46(21-14-29-73-63(70)71)58(97)84-44(19-10-12-27-65)59(98)85-48(35-86)61(100)78-37(3)54(93)82-45(20-13-28-72-62(68)69)57(96)80-42(52(67)91)18-9-11-26-64/h6-8,15-16,22-25,36-37,41-48,86-87H,4-5,9-14,17-21,26-35,64-66H2,1-3H3,(H2,67,91)(H,74,88)(H,75,94)(H,76,95)(H,77,89)(H,78,100)(H,79,90)(H,80,96)(H,81,92)(H,82,93)(H,83,99)(H,84,97)(H,85,98)(H4,68,69,72)(H4,70,71,73)/t36-,37-,41-,42-,43-,44-,45-,46-,47-,48-/m0/s1. The van der Waals surface area contributed by atoms with Gasteiger partial charge in [-0.15, -0.1) is 0 Å². The Balaban J connectivity index is 2.19. The largest absolute Gasteiger partial charge is 0.508 e. The van der Waals surface area contributed by atoms with Crippen LogP contribution < -0.4 is 110 Å². The number of aromatic hydroxyl groups is 1. The van der Waals surface area contributed by atoms with Gasteiger partial charge in [0.15, 0.2) is 11.9 Å². The Morgan fingerprint density at radius 2 is 0.810 bits per heavy atom. The molecule has 2 aromatic carbocycles. The van der Waals surface area contributed by atoms with Crippen LogP contribution in [0.5, 0.6) is 5.75 Å². The second-order valence-electron chi connectivity index (χ2n) is 23.6. The maximum absolute atomic E-state index is 14.2. The van der Waals surface area contributed by atoms with Crippen LogP contribution in [-0.2, 0) is 75.2 Å². The first kappa shape index (κ1) is 85.8. The molecule has 0 aliphatic rings. The summed E-state index contributed by atoms with van der Waals surface area (Å²) in [7, 11) is 0. The fourth-order valence-corrected chi connectivity index (χ4v) is 9.49. The van der Waals surface area contributed by atoms with E-state index in [1.54, 1.807) is 42.5 Å². The fraction of sp³-hybridized carbons (Fsp3) is 0.571. The molecule has 0 spiro atoms. The van der Waals surface area contributed by atoms with Crippen molar-refractivity contribution in [3.8, 4) is 5.75 Å². The third-order valence-electron chi connectivity index (χ3n) is 15.1. The van der Waals surface area contributed by atoms with Crippen molar-refractivity contribution in [3.63, 3.8) is 0 Å². The average Bonchev–Trinajstić information content (AvgIpc) is 0.894. The van der Waals surface area contributed by atoms with E-state index >= 15 is 0 Å². The first-order valence-corrected chi connectivity index (χ1v) is 33.0. The number of aliphatic hydroxyl groups excluding tert-OH is 1. The van der Waals surface area contributed by atoms with E-state index in [2.05, 4.69) is 73.8 Å². The highest BCUT2D eigenvalue weighted by Crippen LogP contribution is 2.13. The van der Waals surface area contributed by atoms with Crippen LogP contribution in [0.2, 0.25) is 0 Å². The molecule has 0 radical (unpaired) electrons. The van der Waals surface area contributed by atoms with Gasteiger partial charge in [-0.25, -0.2) is 0 Å². The highest BCUT2D eigenvalue weighted by Gasteiger charge is 2.34. The van der Waals surface area contributed by atoms with Crippen LogP contribution in [0.1, 0.15) is 115 Å². The van der Waals surface area contributed by atoms with Gasteiger partial charge in [0.2, 0.25) is 76.8 Å². The summed E-state index contributed by atoms with van der Waals surface area (Å²) in [6, 6.07) is 1.36. The smallest absolute Gasteiger partial charge is 0.245 e. The number of hydrogen-bond acceptors (Lipinski definition) is 20. The van der Waals surface area contributed by atoms with Gasteiger partial charge in [-0.3, -0.25) is 72.3 Å². The van der Waals surface area contributed by atoms with Gasteiger partial charge >= 0.3 is 0 Å². The van der Waals surface area contributed by atoms with Crippen LogP contribution in [0, 0.1) is 0 Å². The third-order valence-corrected chi connectivity index (χ3v) is 15.1. The zero-order valence-corrected chi connectivity index (χ0v) is 56.9. The molecule has 0 saturated heterocycles. The molecule has 0 heterocycles. The van der Waals surface area contributed by atoms with E-state index in [4.69, 9.17) is 45.9 Å². The van der Waals surface area contributed by atoms with Crippen LogP contribution >= 0.6 is 0 Å². The predicted molar refractivity (Wildman–Crippen MR) is 369 cm³/mol. The summed E-state index contributed by atoms with van der Waals surface area (Å²) in [5.74, 6) is -11.4. The number of unbranched alkanes of at least 4 members (excludes halogenated alkanes) is 3. The highest BCUT2D eigenvalue weighted by molar-refractivity contribution is 5.99. The summed E-state index contributed by atoms with van der Waals surface area (Å²) in [4.78, 5) is 182. The molecule has 13 amide bonds. The highest BCUT2D eigenvalue weighted by atomic mass is 16.3. The normalized spacial score (nSPS) is 13.8. The Morgan fingerprint density at radius 1 is 0.410 bits per heavy atom. The monoisotopic (exact) mass is 1410 g/mol. The molecule has 0 fully saturated rings. The molecule has 0 saturated carbocycles. The number of amides is 13. The number of carbonyl (C=O) groups excluding carboxylic acids is 13. The van der Waals surface area contributed by atoms with Gasteiger partial charge in [-0.05, 0) is 127 Å². The minimum absolute atomic E-state index is 0.00962. The number of benzene rings is 2. The number of carbonyl (C=O) groups is 13. The van der Waals surface area contributed by atoms with E-state index in [9.17, 15) is 72.5 Å². The molecule has 30 N–H and O–H groups in total.